The van der Waals surface area contributed by atoms with Crippen LogP contribution in [0.5, 0.6) is 5.88 Å². The lowest BCUT2D eigenvalue weighted by Crippen LogP contribution is -2.27. The number of amides is 1. The fourth-order valence-corrected chi connectivity index (χ4v) is 1.05. The van der Waals surface area contributed by atoms with Gasteiger partial charge in [0.05, 0.1) is 13.0 Å². The van der Waals surface area contributed by atoms with Gasteiger partial charge in [0.2, 0.25) is 5.88 Å². The standard InChI is InChI=1S/C10H13N3O4/c1-2-17-9(15)5-6-11-10(16)7-3-4-8(14)13-12-7/h3-4H,2,5-6H2,1H3,(H,11,16)(H,13,14). The first-order valence-electron chi connectivity index (χ1n) is 5.10. The van der Waals surface area contributed by atoms with Crippen molar-refractivity contribution in [3.63, 3.8) is 0 Å². The number of esters is 1. The van der Waals surface area contributed by atoms with Gasteiger partial charge in [0.25, 0.3) is 5.91 Å². The van der Waals surface area contributed by atoms with Crippen molar-refractivity contribution in [1.82, 2.24) is 15.5 Å². The topological polar surface area (TPSA) is 101 Å². The highest BCUT2D eigenvalue weighted by atomic mass is 16.5. The second-order valence-corrected chi connectivity index (χ2v) is 3.09. The number of aromatic nitrogens is 2. The summed E-state index contributed by atoms with van der Waals surface area (Å²) >= 11 is 0. The number of aromatic hydroxyl groups is 1. The molecule has 0 aliphatic carbocycles. The minimum Gasteiger partial charge on any atom is -0.492 e. The molecule has 0 saturated heterocycles. The zero-order valence-electron chi connectivity index (χ0n) is 9.34. The molecule has 0 atom stereocenters. The molecule has 1 aromatic heterocycles. The van der Waals surface area contributed by atoms with Crippen molar-refractivity contribution < 1.29 is 19.4 Å². The Balaban J connectivity index is 2.35. The quantitative estimate of drug-likeness (QED) is 0.694. The third-order valence-corrected chi connectivity index (χ3v) is 1.80. The van der Waals surface area contributed by atoms with E-state index in [-0.39, 0.29) is 30.5 Å². The molecule has 92 valence electrons. The molecule has 7 nitrogen and oxygen atoms in total. The fourth-order valence-electron chi connectivity index (χ4n) is 1.05. The van der Waals surface area contributed by atoms with Gasteiger partial charge < -0.3 is 15.2 Å². The van der Waals surface area contributed by atoms with Crippen molar-refractivity contribution in [3.8, 4) is 5.88 Å². The predicted octanol–water partition coefficient (Wildman–Crippen LogP) is -0.135. The molecule has 7 heteroatoms. The molecule has 1 heterocycles. The number of hydrogen-bond donors (Lipinski definition) is 2. The first-order valence-corrected chi connectivity index (χ1v) is 5.10. The summed E-state index contributed by atoms with van der Waals surface area (Å²) in [6.45, 7) is 2.19. The third kappa shape index (κ3) is 4.45. The van der Waals surface area contributed by atoms with Crippen molar-refractivity contribution in [2.45, 2.75) is 13.3 Å². The normalized spacial score (nSPS) is 9.71. The molecule has 2 N–H and O–H groups in total. The Kier molecular flexibility index (Phi) is 4.86. The summed E-state index contributed by atoms with van der Waals surface area (Å²) in [5.74, 6) is -1.08. The highest BCUT2D eigenvalue weighted by molar-refractivity contribution is 5.92. The Hall–Kier alpha value is -2.18. The molecule has 1 amide bonds. The average Bonchev–Trinajstić information content (AvgIpc) is 2.30. The second kappa shape index (κ2) is 6.41. The minimum absolute atomic E-state index is 0.0756. The predicted molar refractivity (Wildman–Crippen MR) is 57.3 cm³/mol. The molecule has 0 bridgehead atoms. The van der Waals surface area contributed by atoms with Crippen molar-refractivity contribution in [2.75, 3.05) is 13.2 Å². The number of rotatable bonds is 5. The summed E-state index contributed by atoms with van der Waals surface area (Å²) in [7, 11) is 0. The molecular formula is C10H13N3O4. The summed E-state index contributed by atoms with van der Waals surface area (Å²) < 4.78 is 4.69. The number of nitrogens with one attached hydrogen (secondary N) is 1. The highest BCUT2D eigenvalue weighted by Crippen LogP contribution is 2.01. The molecule has 0 unspecified atom stereocenters. The molecule has 1 aromatic rings. The van der Waals surface area contributed by atoms with Crippen molar-refractivity contribution in [3.05, 3.63) is 17.8 Å². The molecule has 0 aliphatic heterocycles. The van der Waals surface area contributed by atoms with E-state index in [2.05, 4.69) is 15.5 Å². The summed E-state index contributed by atoms with van der Waals surface area (Å²) in [6.07, 6.45) is 0.102. The zero-order chi connectivity index (χ0) is 12.7. The van der Waals surface area contributed by atoms with E-state index < -0.39 is 5.91 Å². The first-order chi connectivity index (χ1) is 8.13. The van der Waals surface area contributed by atoms with Gasteiger partial charge >= 0.3 is 5.97 Å². The summed E-state index contributed by atoms with van der Waals surface area (Å²) in [5.41, 5.74) is 0.0756. The smallest absolute Gasteiger partial charge is 0.307 e. The largest absolute Gasteiger partial charge is 0.492 e. The Bertz CT molecular complexity index is 391. The van der Waals surface area contributed by atoms with Crippen LogP contribution in [-0.4, -0.2) is 40.3 Å². The maximum absolute atomic E-state index is 11.4. The van der Waals surface area contributed by atoms with E-state index in [1.807, 2.05) is 0 Å². The van der Waals surface area contributed by atoms with E-state index in [4.69, 9.17) is 9.84 Å². The van der Waals surface area contributed by atoms with Crippen LogP contribution in [0.25, 0.3) is 0 Å². The lowest BCUT2D eigenvalue weighted by molar-refractivity contribution is -0.142. The Morgan fingerprint density at radius 3 is 2.76 bits per heavy atom. The zero-order valence-corrected chi connectivity index (χ0v) is 9.34. The Labute approximate surface area is 97.8 Å². The van der Waals surface area contributed by atoms with E-state index in [9.17, 15) is 9.59 Å². The number of carbonyl (C=O) groups excluding carboxylic acids is 2. The molecule has 0 fully saturated rings. The average molecular weight is 239 g/mol. The van der Waals surface area contributed by atoms with Crippen LogP contribution in [0, 0.1) is 0 Å². The van der Waals surface area contributed by atoms with Gasteiger partial charge in [-0.1, -0.05) is 0 Å². The van der Waals surface area contributed by atoms with Crippen LogP contribution in [-0.2, 0) is 9.53 Å². The van der Waals surface area contributed by atoms with E-state index in [1.54, 1.807) is 6.92 Å². The van der Waals surface area contributed by atoms with Crippen LogP contribution in [0.15, 0.2) is 12.1 Å². The molecule has 0 aliphatic rings. The van der Waals surface area contributed by atoms with Crippen LogP contribution in [0.1, 0.15) is 23.8 Å². The van der Waals surface area contributed by atoms with Gasteiger partial charge in [0.15, 0.2) is 5.69 Å². The summed E-state index contributed by atoms with van der Waals surface area (Å²) in [6, 6.07) is 2.59. The SMILES string of the molecule is CCOC(=O)CCNC(=O)c1ccc(O)nn1. The number of hydrogen-bond acceptors (Lipinski definition) is 6. The van der Waals surface area contributed by atoms with Gasteiger partial charge in [-0.15, -0.1) is 10.2 Å². The fraction of sp³-hybridized carbons (Fsp3) is 0.400. The number of nitrogens with zero attached hydrogens (tertiary/aromatic N) is 2. The first kappa shape index (κ1) is 12.9. The Morgan fingerprint density at radius 2 is 2.18 bits per heavy atom. The van der Waals surface area contributed by atoms with Gasteiger partial charge in [0.1, 0.15) is 0 Å². The van der Waals surface area contributed by atoms with E-state index in [0.29, 0.717) is 6.61 Å². The molecule has 0 aromatic carbocycles. The highest BCUT2D eigenvalue weighted by Gasteiger charge is 2.08. The van der Waals surface area contributed by atoms with Crippen LogP contribution < -0.4 is 5.32 Å². The summed E-state index contributed by atoms with van der Waals surface area (Å²) in [5, 5.41) is 18.2. The Morgan fingerprint density at radius 1 is 1.41 bits per heavy atom. The maximum atomic E-state index is 11.4. The van der Waals surface area contributed by atoms with Crippen LogP contribution >= 0.6 is 0 Å². The number of carbonyl (C=O) groups is 2. The number of ether oxygens (including phenoxy) is 1. The van der Waals surface area contributed by atoms with E-state index in [1.165, 1.54) is 12.1 Å². The van der Waals surface area contributed by atoms with Gasteiger partial charge in [0, 0.05) is 12.6 Å². The lowest BCUT2D eigenvalue weighted by atomic mass is 10.3. The molecule has 0 radical (unpaired) electrons. The van der Waals surface area contributed by atoms with Crippen molar-refractivity contribution >= 4 is 11.9 Å². The van der Waals surface area contributed by atoms with Crippen LogP contribution in [0.3, 0.4) is 0 Å². The van der Waals surface area contributed by atoms with Gasteiger partial charge in [-0.25, -0.2) is 0 Å². The van der Waals surface area contributed by atoms with E-state index in [0.717, 1.165) is 0 Å². The van der Waals surface area contributed by atoms with Gasteiger partial charge in [-0.05, 0) is 13.0 Å². The molecule has 1 rings (SSSR count). The van der Waals surface area contributed by atoms with Crippen molar-refractivity contribution in [2.24, 2.45) is 0 Å². The molecule has 0 saturated carbocycles. The maximum Gasteiger partial charge on any atom is 0.307 e. The van der Waals surface area contributed by atoms with Gasteiger partial charge in [-0.2, -0.15) is 0 Å². The van der Waals surface area contributed by atoms with E-state index >= 15 is 0 Å². The van der Waals surface area contributed by atoms with Gasteiger partial charge in [-0.3, -0.25) is 9.59 Å². The molecule has 0 spiro atoms. The second-order valence-electron chi connectivity index (χ2n) is 3.09. The molecule has 17 heavy (non-hydrogen) atoms. The monoisotopic (exact) mass is 239 g/mol. The lowest BCUT2D eigenvalue weighted by Gasteiger charge is -2.04. The third-order valence-electron chi connectivity index (χ3n) is 1.80. The minimum atomic E-state index is -0.457. The molecular weight excluding hydrogens is 226 g/mol. The van der Waals surface area contributed by atoms with Crippen LogP contribution in [0.4, 0.5) is 0 Å². The van der Waals surface area contributed by atoms with Crippen LogP contribution in [0.2, 0.25) is 0 Å². The summed E-state index contributed by atoms with van der Waals surface area (Å²) in [4.78, 5) is 22.4. The van der Waals surface area contributed by atoms with Crippen molar-refractivity contribution in [1.29, 1.82) is 0 Å².